The SMILES string of the molecule is O=C1CCC[C@@H](c2nc3cc(Br)ccc3n2C2CCC(O)CC2)N1c1ccc(F)c(Cl)c1. The number of anilines is 1. The summed E-state index contributed by atoms with van der Waals surface area (Å²) in [5, 5.41) is 10.0. The fourth-order valence-electron chi connectivity index (χ4n) is 5.10. The number of aliphatic hydroxyl groups excluding tert-OH is 1. The minimum Gasteiger partial charge on any atom is -0.393 e. The molecule has 1 aliphatic carbocycles. The Balaban J connectivity index is 1.65. The first-order valence-corrected chi connectivity index (χ1v) is 12.2. The largest absolute Gasteiger partial charge is 0.393 e. The van der Waals surface area contributed by atoms with Gasteiger partial charge >= 0.3 is 0 Å². The number of hydrogen-bond donors (Lipinski definition) is 1. The van der Waals surface area contributed by atoms with Gasteiger partial charge in [-0.2, -0.15) is 0 Å². The predicted molar refractivity (Wildman–Crippen MR) is 126 cm³/mol. The number of hydrogen-bond acceptors (Lipinski definition) is 3. The van der Waals surface area contributed by atoms with Crippen molar-refractivity contribution in [2.75, 3.05) is 4.90 Å². The third-order valence-electron chi connectivity index (χ3n) is 6.64. The smallest absolute Gasteiger partial charge is 0.227 e. The number of halogens is 3. The van der Waals surface area contributed by atoms with E-state index in [2.05, 4.69) is 26.6 Å². The van der Waals surface area contributed by atoms with Crippen LogP contribution in [0.25, 0.3) is 11.0 Å². The zero-order valence-corrected chi connectivity index (χ0v) is 19.8. The molecule has 1 aliphatic heterocycles. The van der Waals surface area contributed by atoms with E-state index < -0.39 is 5.82 Å². The molecular formula is C24H24BrClFN3O2. The zero-order chi connectivity index (χ0) is 22.4. The van der Waals surface area contributed by atoms with E-state index in [0.717, 1.165) is 59.9 Å². The number of nitrogens with zero attached hydrogens (tertiary/aromatic N) is 3. The lowest BCUT2D eigenvalue weighted by Gasteiger charge is -2.37. The first-order valence-electron chi connectivity index (χ1n) is 11.0. The second-order valence-electron chi connectivity index (χ2n) is 8.71. The maximum absolute atomic E-state index is 13.8. The molecule has 0 spiro atoms. The van der Waals surface area contributed by atoms with E-state index in [1.807, 2.05) is 12.1 Å². The summed E-state index contributed by atoms with van der Waals surface area (Å²) in [4.78, 5) is 19.8. The molecule has 0 bridgehead atoms. The molecule has 1 N–H and O–H groups in total. The second kappa shape index (κ2) is 8.76. The van der Waals surface area contributed by atoms with Gasteiger partial charge in [0.2, 0.25) is 5.91 Å². The predicted octanol–water partition coefficient (Wildman–Crippen LogP) is 6.33. The Hall–Kier alpha value is -1.96. The van der Waals surface area contributed by atoms with E-state index in [1.165, 1.54) is 12.1 Å². The van der Waals surface area contributed by atoms with Crippen LogP contribution in [-0.4, -0.2) is 26.7 Å². The highest BCUT2D eigenvalue weighted by atomic mass is 79.9. The summed E-state index contributed by atoms with van der Waals surface area (Å²) in [6.07, 6.45) is 4.94. The molecule has 5 rings (SSSR count). The Kier molecular flexibility index (Phi) is 5.99. The lowest BCUT2D eigenvalue weighted by atomic mass is 9.92. The molecule has 2 aliphatic rings. The molecule has 1 saturated heterocycles. The van der Waals surface area contributed by atoms with Crippen LogP contribution >= 0.6 is 27.5 Å². The molecule has 0 unspecified atom stereocenters. The Morgan fingerprint density at radius 1 is 1.09 bits per heavy atom. The van der Waals surface area contributed by atoms with Crippen molar-refractivity contribution in [3.8, 4) is 0 Å². The summed E-state index contributed by atoms with van der Waals surface area (Å²) >= 11 is 9.60. The summed E-state index contributed by atoms with van der Waals surface area (Å²) in [5.41, 5.74) is 2.49. The van der Waals surface area contributed by atoms with Gasteiger partial charge < -0.3 is 14.6 Å². The molecule has 5 nitrogen and oxygen atoms in total. The summed E-state index contributed by atoms with van der Waals surface area (Å²) in [5.74, 6) is 0.324. The minimum absolute atomic E-state index is 0.00155. The molecule has 0 radical (unpaired) electrons. The van der Waals surface area contributed by atoms with Gasteiger partial charge in [-0.3, -0.25) is 4.79 Å². The zero-order valence-electron chi connectivity index (χ0n) is 17.5. The lowest BCUT2D eigenvalue weighted by Crippen LogP contribution is -2.40. The van der Waals surface area contributed by atoms with Gasteiger partial charge in [-0.15, -0.1) is 0 Å². The molecular weight excluding hydrogens is 497 g/mol. The molecule has 1 aromatic heterocycles. The number of benzene rings is 2. The van der Waals surface area contributed by atoms with Crippen molar-refractivity contribution in [2.24, 2.45) is 0 Å². The van der Waals surface area contributed by atoms with Crippen LogP contribution in [-0.2, 0) is 4.79 Å². The summed E-state index contributed by atoms with van der Waals surface area (Å²) < 4.78 is 17.0. The number of fused-ring (bicyclic) bond motifs is 1. The topological polar surface area (TPSA) is 58.4 Å². The average Bonchev–Trinajstić information content (AvgIpc) is 3.14. The molecule has 32 heavy (non-hydrogen) atoms. The summed E-state index contributed by atoms with van der Waals surface area (Å²) in [6, 6.07) is 10.4. The number of aromatic nitrogens is 2. The highest BCUT2D eigenvalue weighted by molar-refractivity contribution is 9.10. The fraction of sp³-hybridized carbons (Fsp3) is 0.417. The molecule has 2 aromatic carbocycles. The minimum atomic E-state index is -0.505. The van der Waals surface area contributed by atoms with Gasteiger partial charge in [0.1, 0.15) is 11.6 Å². The Morgan fingerprint density at radius 2 is 1.88 bits per heavy atom. The fourth-order valence-corrected chi connectivity index (χ4v) is 5.62. The number of rotatable bonds is 3. The molecule has 2 fully saturated rings. The quantitative estimate of drug-likeness (QED) is 0.439. The van der Waals surface area contributed by atoms with Crippen LogP contribution in [0, 0.1) is 5.82 Å². The Labute approximate surface area is 199 Å². The van der Waals surface area contributed by atoms with Crippen LogP contribution in [0.2, 0.25) is 5.02 Å². The maximum Gasteiger partial charge on any atom is 0.227 e. The number of imidazole rings is 1. The van der Waals surface area contributed by atoms with Crippen LogP contribution in [0.15, 0.2) is 40.9 Å². The molecule has 3 aromatic rings. The normalized spacial score (nSPS) is 24.3. The van der Waals surface area contributed by atoms with Gasteiger partial charge in [0, 0.05) is 22.6 Å². The van der Waals surface area contributed by atoms with Gasteiger partial charge in [0.05, 0.1) is 28.2 Å². The second-order valence-corrected chi connectivity index (χ2v) is 10.0. The Bertz CT molecular complexity index is 1180. The highest BCUT2D eigenvalue weighted by Gasteiger charge is 2.36. The van der Waals surface area contributed by atoms with Gasteiger partial charge in [0.15, 0.2) is 0 Å². The first-order chi connectivity index (χ1) is 15.4. The van der Waals surface area contributed by atoms with E-state index in [-0.39, 0.29) is 29.1 Å². The first kappa shape index (κ1) is 21.9. The van der Waals surface area contributed by atoms with Crippen LogP contribution in [0.5, 0.6) is 0 Å². The number of aliphatic hydroxyl groups is 1. The van der Waals surface area contributed by atoms with Gasteiger partial charge in [-0.1, -0.05) is 27.5 Å². The molecule has 1 saturated carbocycles. The summed E-state index contributed by atoms with van der Waals surface area (Å²) in [6.45, 7) is 0. The van der Waals surface area contributed by atoms with Crippen LogP contribution in [0.1, 0.15) is 62.9 Å². The monoisotopic (exact) mass is 519 g/mol. The van der Waals surface area contributed by atoms with Crippen molar-refractivity contribution in [3.63, 3.8) is 0 Å². The van der Waals surface area contributed by atoms with Crippen molar-refractivity contribution in [1.29, 1.82) is 0 Å². The highest BCUT2D eigenvalue weighted by Crippen LogP contribution is 2.41. The summed E-state index contributed by atoms with van der Waals surface area (Å²) in [7, 11) is 0. The number of amides is 1. The van der Waals surface area contributed by atoms with Crippen molar-refractivity contribution in [1.82, 2.24) is 9.55 Å². The molecule has 1 amide bonds. The lowest BCUT2D eigenvalue weighted by molar-refractivity contribution is -0.120. The third-order valence-corrected chi connectivity index (χ3v) is 7.42. The van der Waals surface area contributed by atoms with Crippen molar-refractivity contribution < 1.29 is 14.3 Å². The van der Waals surface area contributed by atoms with Crippen molar-refractivity contribution in [2.45, 2.75) is 63.1 Å². The van der Waals surface area contributed by atoms with Crippen molar-refractivity contribution in [3.05, 3.63) is 57.5 Å². The molecule has 168 valence electrons. The van der Waals surface area contributed by atoms with Crippen LogP contribution < -0.4 is 4.90 Å². The van der Waals surface area contributed by atoms with Crippen molar-refractivity contribution >= 4 is 50.2 Å². The Morgan fingerprint density at radius 3 is 2.62 bits per heavy atom. The van der Waals surface area contributed by atoms with Crippen LogP contribution in [0.3, 0.4) is 0 Å². The van der Waals surface area contributed by atoms with Gasteiger partial charge in [0.25, 0.3) is 0 Å². The number of carbonyl (C=O) groups is 1. The molecule has 2 heterocycles. The number of carbonyl (C=O) groups excluding carboxylic acids is 1. The van der Waals surface area contributed by atoms with E-state index in [9.17, 15) is 14.3 Å². The van der Waals surface area contributed by atoms with E-state index in [4.69, 9.17) is 16.6 Å². The third kappa shape index (κ3) is 3.95. The van der Waals surface area contributed by atoms with Gasteiger partial charge in [-0.05, 0) is 74.9 Å². The average molecular weight is 521 g/mol. The molecule has 1 atom stereocenters. The van der Waals surface area contributed by atoms with E-state index in [1.54, 1.807) is 11.0 Å². The molecule has 8 heteroatoms. The van der Waals surface area contributed by atoms with E-state index in [0.29, 0.717) is 12.1 Å². The maximum atomic E-state index is 13.8. The number of piperidine rings is 1. The van der Waals surface area contributed by atoms with E-state index >= 15 is 0 Å². The van der Waals surface area contributed by atoms with Gasteiger partial charge in [-0.25, -0.2) is 9.37 Å². The van der Waals surface area contributed by atoms with Crippen LogP contribution in [0.4, 0.5) is 10.1 Å². The standard InChI is InChI=1S/C24H24BrClFN3O2/c25-14-4-11-21-20(12-14)28-24(30(21)15-5-8-17(31)9-6-15)22-2-1-3-23(32)29(22)16-7-10-19(27)18(26)13-16/h4,7,10-13,15,17,22,31H,1-3,5-6,8-9H2/t15?,17?,22-/m0/s1.